The third kappa shape index (κ3) is 5.20. The van der Waals surface area contributed by atoms with Gasteiger partial charge in [-0.05, 0) is 48.4 Å². The molecule has 3 rings (SSSR count). The number of amides is 1. The molecule has 3 aromatic rings. The number of benzene rings is 3. The Morgan fingerprint density at radius 3 is 2.22 bits per heavy atom. The van der Waals surface area contributed by atoms with E-state index in [1.54, 1.807) is 48.5 Å². The van der Waals surface area contributed by atoms with Crippen molar-refractivity contribution in [3.8, 4) is 11.5 Å². The number of rotatable bonds is 9. The standard InChI is InChI=1S/C24H26N2O5S/c1-4-18-10-12-19(13-11-18)25-24(27)17-26(32(28,29)21-8-6-5-7-9-21)22-15-14-20(30-2)16-23(22)31-3/h5-16H,4,17H2,1-3H3,(H,25,27). The zero-order valence-corrected chi connectivity index (χ0v) is 19.1. The van der Waals surface area contributed by atoms with Gasteiger partial charge in [-0.1, -0.05) is 37.3 Å². The average Bonchev–Trinajstić information content (AvgIpc) is 2.83. The maximum atomic E-state index is 13.5. The number of anilines is 2. The van der Waals surface area contributed by atoms with Crippen LogP contribution in [0.15, 0.2) is 77.7 Å². The minimum absolute atomic E-state index is 0.0676. The molecule has 0 radical (unpaired) electrons. The van der Waals surface area contributed by atoms with Crippen LogP contribution in [-0.2, 0) is 21.2 Å². The zero-order chi connectivity index (χ0) is 23.1. The predicted octanol–water partition coefficient (Wildman–Crippen LogP) is 4.10. The summed E-state index contributed by atoms with van der Waals surface area (Å²) in [5.41, 5.74) is 1.96. The molecule has 8 heteroatoms. The molecule has 0 atom stereocenters. The SMILES string of the molecule is CCc1ccc(NC(=O)CN(c2ccc(OC)cc2OC)S(=O)(=O)c2ccccc2)cc1. The summed E-state index contributed by atoms with van der Waals surface area (Å²) >= 11 is 0. The first kappa shape index (κ1) is 23.1. The number of carbonyl (C=O) groups excluding carboxylic acids is 1. The van der Waals surface area contributed by atoms with Gasteiger partial charge in [0.1, 0.15) is 18.0 Å². The van der Waals surface area contributed by atoms with Gasteiger partial charge in [0, 0.05) is 11.8 Å². The summed E-state index contributed by atoms with van der Waals surface area (Å²) in [4.78, 5) is 12.9. The monoisotopic (exact) mass is 454 g/mol. The van der Waals surface area contributed by atoms with Crippen molar-refractivity contribution >= 4 is 27.3 Å². The van der Waals surface area contributed by atoms with Crippen molar-refractivity contribution in [2.24, 2.45) is 0 Å². The minimum atomic E-state index is -4.05. The van der Waals surface area contributed by atoms with Crippen LogP contribution in [0.25, 0.3) is 0 Å². The van der Waals surface area contributed by atoms with Crippen LogP contribution in [0.3, 0.4) is 0 Å². The topological polar surface area (TPSA) is 84.9 Å². The van der Waals surface area contributed by atoms with E-state index >= 15 is 0 Å². The molecule has 0 heterocycles. The molecule has 0 unspecified atom stereocenters. The lowest BCUT2D eigenvalue weighted by molar-refractivity contribution is -0.114. The van der Waals surface area contributed by atoms with Crippen molar-refractivity contribution in [3.05, 3.63) is 78.4 Å². The number of methoxy groups -OCH3 is 2. The number of nitrogens with zero attached hydrogens (tertiary/aromatic N) is 1. The molecule has 7 nitrogen and oxygen atoms in total. The fourth-order valence-corrected chi connectivity index (χ4v) is 4.62. The molecule has 0 aliphatic carbocycles. The van der Waals surface area contributed by atoms with Gasteiger partial charge in [-0.15, -0.1) is 0 Å². The maximum Gasteiger partial charge on any atom is 0.264 e. The van der Waals surface area contributed by atoms with Gasteiger partial charge in [0.25, 0.3) is 10.0 Å². The van der Waals surface area contributed by atoms with Crippen LogP contribution < -0.4 is 19.1 Å². The van der Waals surface area contributed by atoms with Crippen molar-refractivity contribution in [2.45, 2.75) is 18.2 Å². The molecule has 0 saturated heterocycles. The van der Waals surface area contributed by atoms with Crippen molar-refractivity contribution in [3.63, 3.8) is 0 Å². The van der Waals surface area contributed by atoms with E-state index < -0.39 is 22.5 Å². The molecule has 3 aromatic carbocycles. The van der Waals surface area contributed by atoms with Crippen LogP contribution >= 0.6 is 0 Å². The van der Waals surface area contributed by atoms with Gasteiger partial charge >= 0.3 is 0 Å². The van der Waals surface area contributed by atoms with Crippen LogP contribution in [0.4, 0.5) is 11.4 Å². The Balaban J connectivity index is 1.98. The Kier molecular flexibility index (Phi) is 7.37. The fourth-order valence-electron chi connectivity index (χ4n) is 3.17. The summed E-state index contributed by atoms with van der Waals surface area (Å²) in [7, 11) is -1.12. The molecule has 1 N–H and O–H groups in total. The predicted molar refractivity (Wildman–Crippen MR) is 125 cm³/mol. The molecule has 0 saturated carbocycles. The van der Waals surface area contributed by atoms with Crippen molar-refractivity contribution in [1.29, 1.82) is 0 Å². The van der Waals surface area contributed by atoms with Gasteiger partial charge in [0.2, 0.25) is 5.91 Å². The van der Waals surface area contributed by atoms with E-state index in [-0.39, 0.29) is 16.3 Å². The maximum absolute atomic E-state index is 13.5. The third-order valence-electron chi connectivity index (χ3n) is 4.92. The van der Waals surface area contributed by atoms with Gasteiger partial charge < -0.3 is 14.8 Å². The molecule has 0 bridgehead atoms. The number of aryl methyl sites for hydroxylation is 1. The van der Waals surface area contributed by atoms with Crippen LogP contribution in [0.1, 0.15) is 12.5 Å². The first-order valence-electron chi connectivity index (χ1n) is 10.1. The van der Waals surface area contributed by atoms with Crippen LogP contribution in [0.5, 0.6) is 11.5 Å². The molecule has 0 aromatic heterocycles. The van der Waals surface area contributed by atoms with Crippen molar-refractivity contribution in [1.82, 2.24) is 0 Å². The largest absolute Gasteiger partial charge is 0.497 e. The first-order valence-corrected chi connectivity index (χ1v) is 11.5. The fraction of sp³-hybridized carbons (Fsp3) is 0.208. The number of carbonyl (C=O) groups is 1. The molecule has 0 aliphatic heterocycles. The number of hydrogen-bond acceptors (Lipinski definition) is 5. The molecular weight excluding hydrogens is 428 g/mol. The van der Waals surface area contributed by atoms with E-state index in [9.17, 15) is 13.2 Å². The zero-order valence-electron chi connectivity index (χ0n) is 18.2. The van der Waals surface area contributed by atoms with E-state index in [0.717, 1.165) is 16.3 Å². The van der Waals surface area contributed by atoms with Crippen LogP contribution in [0.2, 0.25) is 0 Å². The Bertz CT molecular complexity index is 1160. The minimum Gasteiger partial charge on any atom is -0.497 e. The number of ether oxygens (including phenoxy) is 2. The highest BCUT2D eigenvalue weighted by atomic mass is 32.2. The Hall–Kier alpha value is -3.52. The summed E-state index contributed by atoms with van der Waals surface area (Å²) in [5, 5.41) is 2.77. The molecule has 32 heavy (non-hydrogen) atoms. The molecule has 0 fully saturated rings. The lowest BCUT2D eigenvalue weighted by Gasteiger charge is -2.26. The summed E-state index contributed by atoms with van der Waals surface area (Å²) in [6.07, 6.45) is 0.884. The van der Waals surface area contributed by atoms with Crippen molar-refractivity contribution < 1.29 is 22.7 Å². The van der Waals surface area contributed by atoms with E-state index in [1.807, 2.05) is 19.1 Å². The Morgan fingerprint density at radius 2 is 1.62 bits per heavy atom. The third-order valence-corrected chi connectivity index (χ3v) is 6.69. The highest BCUT2D eigenvalue weighted by Crippen LogP contribution is 2.35. The van der Waals surface area contributed by atoms with Gasteiger partial charge in [0.05, 0.1) is 24.8 Å². The van der Waals surface area contributed by atoms with E-state index in [2.05, 4.69) is 5.32 Å². The lowest BCUT2D eigenvalue weighted by atomic mass is 10.1. The molecule has 1 amide bonds. The van der Waals surface area contributed by atoms with Gasteiger partial charge in [-0.2, -0.15) is 0 Å². The second-order valence-electron chi connectivity index (χ2n) is 6.96. The van der Waals surface area contributed by atoms with Crippen LogP contribution in [-0.4, -0.2) is 35.1 Å². The highest BCUT2D eigenvalue weighted by Gasteiger charge is 2.29. The number of hydrogen-bond donors (Lipinski definition) is 1. The van der Waals surface area contributed by atoms with E-state index in [4.69, 9.17) is 9.47 Å². The second-order valence-corrected chi connectivity index (χ2v) is 8.82. The quantitative estimate of drug-likeness (QED) is 0.526. The highest BCUT2D eigenvalue weighted by molar-refractivity contribution is 7.92. The first-order chi connectivity index (χ1) is 15.4. The number of nitrogens with one attached hydrogen (secondary N) is 1. The second kappa shape index (κ2) is 10.2. The van der Waals surface area contributed by atoms with E-state index in [1.165, 1.54) is 26.4 Å². The van der Waals surface area contributed by atoms with E-state index in [0.29, 0.717) is 11.4 Å². The summed E-state index contributed by atoms with van der Waals surface area (Å²) in [5.74, 6) is 0.290. The van der Waals surface area contributed by atoms with Gasteiger partial charge in [0.15, 0.2) is 0 Å². The smallest absolute Gasteiger partial charge is 0.264 e. The normalized spacial score (nSPS) is 11.0. The molecule has 0 spiro atoms. The molecule has 168 valence electrons. The summed E-state index contributed by atoms with van der Waals surface area (Å²) < 4.78 is 38.6. The van der Waals surface area contributed by atoms with Gasteiger partial charge in [-0.25, -0.2) is 8.42 Å². The lowest BCUT2D eigenvalue weighted by Crippen LogP contribution is -2.38. The summed E-state index contributed by atoms with van der Waals surface area (Å²) in [6.45, 7) is 1.61. The molecule has 0 aliphatic rings. The molecular formula is C24H26N2O5S. The van der Waals surface area contributed by atoms with Gasteiger partial charge in [-0.3, -0.25) is 9.10 Å². The van der Waals surface area contributed by atoms with Crippen LogP contribution in [0, 0.1) is 0 Å². The summed E-state index contributed by atoms with van der Waals surface area (Å²) in [6, 6.07) is 20.1. The van der Waals surface area contributed by atoms with Crippen molar-refractivity contribution in [2.75, 3.05) is 30.4 Å². The average molecular weight is 455 g/mol. The Labute approximate surface area is 188 Å². The Morgan fingerprint density at radius 1 is 0.938 bits per heavy atom. The number of sulfonamides is 1.